The van der Waals surface area contributed by atoms with Crippen LogP contribution in [0.25, 0.3) is 0 Å². The van der Waals surface area contributed by atoms with Gasteiger partial charge in [-0.1, -0.05) is 30.2 Å². The molecule has 1 saturated heterocycles. The minimum Gasteiger partial charge on any atom is -0.481 e. The van der Waals surface area contributed by atoms with E-state index in [1.165, 1.54) is 0 Å². The topological polar surface area (TPSA) is 69.6 Å². The number of hydrogen-bond donors (Lipinski definition) is 2. The van der Waals surface area contributed by atoms with Crippen molar-refractivity contribution >= 4 is 23.5 Å². The molecule has 0 radical (unpaired) electrons. The number of nitrogens with one attached hydrogen (secondary N) is 1. The van der Waals surface area contributed by atoms with Crippen LogP contribution in [0.4, 0.5) is 0 Å². The van der Waals surface area contributed by atoms with E-state index >= 15 is 0 Å². The lowest BCUT2D eigenvalue weighted by molar-refractivity contribution is -0.149. The van der Waals surface area contributed by atoms with Crippen LogP contribution in [0.2, 0.25) is 5.02 Å². The summed E-state index contributed by atoms with van der Waals surface area (Å²) in [6.07, 6.45) is 3.44. The van der Waals surface area contributed by atoms with Crippen LogP contribution in [-0.2, 0) is 16.0 Å². The quantitative estimate of drug-likeness (QED) is 0.825. The fourth-order valence-corrected chi connectivity index (χ4v) is 4.25. The average Bonchev–Trinajstić information content (AvgIpc) is 3.07. The predicted octanol–water partition coefficient (Wildman–Crippen LogP) is 2.19. The molecule has 2 atom stereocenters. The monoisotopic (exact) mass is 350 g/mol. The fourth-order valence-electron chi connectivity index (χ4n) is 4.12. The highest BCUT2D eigenvalue weighted by molar-refractivity contribution is 6.30. The molecule has 0 spiro atoms. The molecule has 2 N–H and O–H groups in total. The summed E-state index contributed by atoms with van der Waals surface area (Å²) in [6, 6.07) is 7.58. The largest absolute Gasteiger partial charge is 0.481 e. The maximum Gasteiger partial charge on any atom is 0.311 e. The van der Waals surface area contributed by atoms with Crippen LogP contribution in [0.5, 0.6) is 0 Å². The number of aliphatic carboxylic acids is 1. The highest BCUT2D eigenvalue weighted by Crippen LogP contribution is 2.48. The third kappa shape index (κ3) is 3.57. The summed E-state index contributed by atoms with van der Waals surface area (Å²) in [5.41, 5.74) is 0.504. The summed E-state index contributed by atoms with van der Waals surface area (Å²) in [7, 11) is 0. The maximum atomic E-state index is 12.1. The number of hydrogen-bond acceptors (Lipinski definition) is 3. The molecule has 5 nitrogen and oxygen atoms in total. The second-order valence-corrected chi connectivity index (χ2v) is 7.38. The van der Waals surface area contributed by atoms with Crippen molar-refractivity contribution in [3.05, 3.63) is 34.9 Å². The van der Waals surface area contributed by atoms with Gasteiger partial charge in [-0.15, -0.1) is 0 Å². The van der Waals surface area contributed by atoms with E-state index in [0.717, 1.165) is 37.8 Å². The van der Waals surface area contributed by atoms with Crippen molar-refractivity contribution in [2.24, 2.45) is 11.3 Å². The van der Waals surface area contributed by atoms with E-state index in [1.807, 2.05) is 29.2 Å². The third-order valence-electron chi connectivity index (χ3n) is 5.38. The normalized spacial score (nSPS) is 26.3. The molecule has 0 bridgehead atoms. The van der Waals surface area contributed by atoms with Gasteiger partial charge in [-0.05, 0) is 42.9 Å². The van der Waals surface area contributed by atoms with Crippen molar-refractivity contribution in [3.8, 4) is 0 Å². The van der Waals surface area contributed by atoms with Crippen molar-refractivity contribution in [2.45, 2.75) is 25.7 Å². The Bertz CT molecular complexity index is 619. The highest BCUT2D eigenvalue weighted by atomic mass is 35.5. The molecule has 1 aromatic carbocycles. The van der Waals surface area contributed by atoms with E-state index in [4.69, 9.17) is 11.6 Å². The molecule has 0 aromatic heterocycles. The third-order valence-corrected chi connectivity index (χ3v) is 5.64. The summed E-state index contributed by atoms with van der Waals surface area (Å²) >= 11 is 5.85. The van der Waals surface area contributed by atoms with Crippen LogP contribution in [-0.4, -0.2) is 48.1 Å². The minimum atomic E-state index is -0.698. The Labute approximate surface area is 147 Å². The Morgan fingerprint density at radius 1 is 1.33 bits per heavy atom. The number of halogens is 1. The van der Waals surface area contributed by atoms with Gasteiger partial charge in [0, 0.05) is 24.7 Å². The van der Waals surface area contributed by atoms with Gasteiger partial charge in [-0.2, -0.15) is 0 Å². The smallest absolute Gasteiger partial charge is 0.311 e. The van der Waals surface area contributed by atoms with Gasteiger partial charge >= 0.3 is 5.97 Å². The van der Waals surface area contributed by atoms with Crippen LogP contribution < -0.4 is 5.32 Å². The fraction of sp³-hybridized carbons (Fsp3) is 0.556. The molecule has 1 aliphatic carbocycles. The molecule has 1 aliphatic heterocycles. The zero-order chi connectivity index (χ0) is 17.2. The zero-order valence-corrected chi connectivity index (χ0v) is 14.4. The van der Waals surface area contributed by atoms with Gasteiger partial charge in [0.05, 0.1) is 12.0 Å². The van der Waals surface area contributed by atoms with Crippen molar-refractivity contribution in [1.82, 2.24) is 10.2 Å². The molecule has 130 valence electrons. The summed E-state index contributed by atoms with van der Waals surface area (Å²) < 4.78 is 0. The molecule has 3 rings (SSSR count). The van der Waals surface area contributed by atoms with Gasteiger partial charge in [0.25, 0.3) is 0 Å². The predicted molar refractivity (Wildman–Crippen MR) is 92.0 cm³/mol. The molecule has 1 aromatic rings. The van der Waals surface area contributed by atoms with Crippen LogP contribution in [0.15, 0.2) is 24.3 Å². The molecule has 2 aliphatic rings. The van der Waals surface area contributed by atoms with Crippen molar-refractivity contribution < 1.29 is 14.7 Å². The van der Waals surface area contributed by atoms with Gasteiger partial charge in [0.1, 0.15) is 0 Å². The molecule has 1 amide bonds. The van der Waals surface area contributed by atoms with Crippen molar-refractivity contribution in [1.29, 1.82) is 0 Å². The number of carbonyl (C=O) groups excluding carboxylic acids is 1. The lowest BCUT2D eigenvalue weighted by atomic mass is 9.81. The number of carbonyl (C=O) groups is 2. The molecule has 1 saturated carbocycles. The van der Waals surface area contributed by atoms with Crippen LogP contribution in [0, 0.1) is 11.3 Å². The summed E-state index contributed by atoms with van der Waals surface area (Å²) in [4.78, 5) is 25.8. The first-order valence-electron chi connectivity index (χ1n) is 8.46. The second kappa shape index (κ2) is 7.11. The molecule has 6 heteroatoms. The van der Waals surface area contributed by atoms with E-state index in [9.17, 15) is 14.7 Å². The lowest BCUT2D eigenvalue weighted by Gasteiger charge is -2.23. The van der Waals surface area contributed by atoms with Crippen LogP contribution in [0.1, 0.15) is 24.8 Å². The van der Waals surface area contributed by atoms with E-state index in [-0.39, 0.29) is 18.4 Å². The minimum absolute atomic E-state index is 0.0375. The molecular weight excluding hydrogens is 328 g/mol. The Kier molecular flexibility index (Phi) is 5.11. The molecule has 2 fully saturated rings. The Morgan fingerprint density at radius 2 is 2.08 bits per heavy atom. The van der Waals surface area contributed by atoms with E-state index in [2.05, 4.69) is 5.32 Å². The first-order chi connectivity index (χ1) is 11.5. The number of rotatable bonds is 6. The molecule has 1 heterocycles. The SMILES string of the molecule is O=C(CN1C[C@@H]2CCC[C@@]2(C(=O)O)C1)NCCc1ccc(Cl)cc1. The standard InChI is InChI=1S/C18H23ClN2O3/c19-15-5-3-13(4-6-15)7-9-20-16(22)11-21-10-14-2-1-8-18(14,12-21)17(23)24/h3-6,14H,1-2,7-12H2,(H,20,22)(H,23,24)/t14-,18+/m0/s1. The zero-order valence-electron chi connectivity index (χ0n) is 13.6. The van der Waals surface area contributed by atoms with Gasteiger partial charge in [0.2, 0.25) is 5.91 Å². The van der Waals surface area contributed by atoms with Crippen LogP contribution in [0.3, 0.4) is 0 Å². The molecule has 24 heavy (non-hydrogen) atoms. The number of benzene rings is 1. The molecule has 0 unspecified atom stereocenters. The number of nitrogens with zero attached hydrogens (tertiary/aromatic N) is 1. The highest BCUT2D eigenvalue weighted by Gasteiger charge is 2.54. The van der Waals surface area contributed by atoms with Gasteiger partial charge in [-0.25, -0.2) is 0 Å². The van der Waals surface area contributed by atoms with E-state index in [0.29, 0.717) is 18.1 Å². The Balaban J connectivity index is 1.44. The van der Waals surface area contributed by atoms with Gasteiger partial charge < -0.3 is 10.4 Å². The number of carboxylic acid groups (broad SMARTS) is 1. The summed E-state index contributed by atoms with van der Waals surface area (Å²) in [5.74, 6) is -0.544. The number of fused-ring (bicyclic) bond motifs is 1. The number of amides is 1. The van der Waals surface area contributed by atoms with Gasteiger partial charge in [-0.3, -0.25) is 14.5 Å². The number of carboxylic acids is 1. The Morgan fingerprint density at radius 3 is 2.75 bits per heavy atom. The van der Waals surface area contributed by atoms with Crippen molar-refractivity contribution in [2.75, 3.05) is 26.2 Å². The first-order valence-corrected chi connectivity index (χ1v) is 8.84. The lowest BCUT2D eigenvalue weighted by Crippen LogP contribution is -2.39. The average molecular weight is 351 g/mol. The number of likely N-dealkylation sites (tertiary alicyclic amines) is 1. The first kappa shape index (κ1) is 17.2. The van der Waals surface area contributed by atoms with Crippen molar-refractivity contribution in [3.63, 3.8) is 0 Å². The summed E-state index contributed by atoms with van der Waals surface area (Å²) in [6.45, 7) is 2.07. The molecular formula is C18H23ClN2O3. The van der Waals surface area contributed by atoms with Gasteiger partial charge in [0.15, 0.2) is 0 Å². The summed E-state index contributed by atoms with van der Waals surface area (Å²) in [5, 5.41) is 13.2. The van der Waals surface area contributed by atoms with E-state index in [1.54, 1.807) is 0 Å². The van der Waals surface area contributed by atoms with E-state index < -0.39 is 11.4 Å². The van der Waals surface area contributed by atoms with Crippen LogP contribution >= 0.6 is 11.6 Å². The second-order valence-electron chi connectivity index (χ2n) is 6.95. The Hall–Kier alpha value is -1.59. The maximum absolute atomic E-state index is 12.1.